The van der Waals surface area contributed by atoms with Crippen molar-refractivity contribution in [1.29, 1.82) is 5.26 Å². The second kappa shape index (κ2) is 5.63. The summed E-state index contributed by atoms with van der Waals surface area (Å²) in [4.78, 5) is 1.49. The van der Waals surface area contributed by atoms with Gasteiger partial charge in [0, 0.05) is 25.0 Å². The van der Waals surface area contributed by atoms with E-state index >= 15 is 0 Å². The van der Waals surface area contributed by atoms with E-state index in [2.05, 4.69) is 0 Å². The Kier molecular flexibility index (Phi) is 4.43. The molecule has 0 atom stereocenters. The van der Waals surface area contributed by atoms with Gasteiger partial charge in [-0.05, 0) is 23.8 Å². The fourth-order valence-corrected chi connectivity index (χ4v) is 1.49. The van der Waals surface area contributed by atoms with Crippen molar-refractivity contribution in [2.45, 2.75) is 19.0 Å². The van der Waals surface area contributed by atoms with Gasteiger partial charge in [0.05, 0.1) is 18.9 Å². The van der Waals surface area contributed by atoms with E-state index in [-0.39, 0.29) is 13.0 Å². The van der Waals surface area contributed by atoms with Crippen LogP contribution in [-0.2, 0) is 6.42 Å². The molecule has 0 saturated carbocycles. The van der Waals surface area contributed by atoms with Crippen molar-refractivity contribution in [3.63, 3.8) is 0 Å². The molecular formula is C12H14F3N3. The predicted molar refractivity (Wildman–Crippen MR) is 64.1 cm³/mol. The van der Waals surface area contributed by atoms with Crippen molar-refractivity contribution in [3.05, 3.63) is 23.8 Å². The van der Waals surface area contributed by atoms with Crippen LogP contribution in [-0.4, -0.2) is 19.8 Å². The van der Waals surface area contributed by atoms with E-state index in [0.29, 0.717) is 16.9 Å². The molecule has 1 aromatic rings. The summed E-state index contributed by atoms with van der Waals surface area (Å²) in [6, 6.07) is 6.87. The number of nitrogen functional groups attached to an aromatic ring is 1. The number of rotatable bonds is 4. The van der Waals surface area contributed by atoms with E-state index in [1.807, 2.05) is 6.07 Å². The molecule has 3 nitrogen and oxygen atoms in total. The molecule has 0 aliphatic heterocycles. The van der Waals surface area contributed by atoms with E-state index in [1.165, 1.54) is 4.90 Å². The number of nitrogens with zero attached hydrogens (tertiary/aromatic N) is 2. The second-order valence-corrected chi connectivity index (χ2v) is 4.00. The molecule has 0 bridgehead atoms. The number of nitriles is 1. The largest absolute Gasteiger partial charge is 0.398 e. The lowest BCUT2D eigenvalue weighted by atomic mass is 10.1. The minimum atomic E-state index is -4.17. The first-order valence-corrected chi connectivity index (χ1v) is 5.36. The first kappa shape index (κ1) is 14.2. The van der Waals surface area contributed by atoms with Gasteiger partial charge in [-0.1, -0.05) is 0 Å². The van der Waals surface area contributed by atoms with Gasteiger partial charge < -0.3 is 10.6 Å². The monoisotopic (exact) mass is 257 g/mol. The lowest BCUT2D eigenvalue weighted by Gasteiger charge is -2.21. The summed E-state index contributed by atoms with van der Waals surface area (Å²) in [5.74, 6) is 0. The summed E-state index contributed by atoms with van der Waals surface area (Å²) in [6.45, 7) is -0.126. The van der Waals surface area contributed by atoms with Crippen LogP contribution in [0.15, 0.2) is 18.2 Å². The molecule has 0 aromatic heterocycles. The molecule has 0 heterocycles. The number of benzene rings is 1. The molecule has 1 aromatic carbocycles. The van der Waals surface area contributed by atoms with Crippen LogP contribution in [0.1, 0.15) is 12.0 Å². The molecule has 0 unspecified atom stereocenters. The van der Waals surface area contributed by atoms with Crippen molar-refractivity contribution in [1.82, 2.24) is 0 Å². The van der Waals surface area contributed by atoms with Crippen LogP contribution in [0.25, 0.3) is 0 Å². The summed E-state index contributed by atoms with van der Waals surface area (Å²) < 4.78 is 36.3. The van der Waals surface area contributed by atoms with Crippen LogP contribution in [0.3, 0.4) is 0 Å². The number of alkyl halides is 3. The second-order valence-electron chi connectivity index (χ2n) is 4.00. The Balaban J connectivity index is 2.77. The molecule has 0 aliphatic carbocycles. The molecule has 0 fully saturated rings. The zero-order chi connectivity index (χ0) is 13.8. The van der Waals surface area contributed by atoms with Crippen molar-refractivity contribution in [3.8, 4) is 6.07 Å². The fourth-order valence-electron chi connectivity index (χ4n) is 1.49. The van der Waals surface area contributed by atoms with Crippen LogP contribution in [0.2, 0.25) is 0 Å². The minimum absolute atomic E-state index is 0.126. The highest BCUT2D eigenvalue weighted by Crippen LogP contribution is 2.24. The number of hydrogen-bond donors (Lipinski definition) is 1. The van der Waals surface area contributed by atoms with Crippen LogP contribution < -0.4 is 10.6 Å². The Morgan fingerprint density at radius 3 is 2.61 bits per heavy atom. The van der Waals surface area contributed by atoms with E-state index in [9.17, 15) is 13.2 Å². The van der Waals surface area contributed by atoms with Crippen LogP contribution in [0.5, 0.6) is 0 Å². The average Bonchev–Trinajstić information content (AvgIpc) is 2.28. The molecule has 0 saturated heterocycles. The molecule has 0 radical (unpaired) electrons. The highest BCUT2D eigenvalue weighted by Gasteiger charge is 2.27. The van der Waals surface area contributed by atoms with Crippen molar-refractivity contribution in [2.24, 2.45) is 0 Å². The first-order chi connectivity index (χ1) is 8.33. The SMILES string of the molecule is CN(CCC(F)(F)F)c1ccc(N)c(CC#N)c1. The number of hydrogen-bond acceptors (Lipinski definition) is 3. The summed E-state index contributed by atoms with van der Waals surface area (Å²) in [5, 5.41) is 8.62. The Morgan fingerprint density at radius 2 is 2.06 bits per heavy atom. The predicted octanol–water partition coefficient (Wildman–Crippen LogP) is 2.72. The normalized spacial score (nSPS) is 11.1. The maximum atomic E-state index is 12.1. The Labute approximate surface area is 104 Å². The average molecular weight is 257 g/mol. The first-order valence-electron chi connectivity index (χ1n) is 5.36. The highest BCUT2D eigenvalue weighted by atomic mass is 19.4. The summed E-state index contributed by atoms with van der Waals surface area (Å²) in [5.41, 5.74) is 7.40. The van der Waals surface area contributed by atoms with Gasteiger partial charge in [-0.3, -0.25) is 0 Å². The molecule has 2 N–H and O–H groups in total. The number of halogens is 3. The van der Waals surface area contributed by atoms with E-state index in [4.69, 9.17) is 11.0 Å². The molecular weight excluding hydrogens is 243 g/mol. The topological polar surface area (TPSA) is 53.0 Å². The summed E-state index contributed by atoms with van der Waals surface area (Å²) in [7, 11) is 1.58. The zero-order valence-corrected chi connectivity index (χ0v) is 9.96. The van der Waals surface area contributed by atoms with Gasteiger partial charge in [-0.25, -0.2) is 0 Å². The van der Waals surface area contributed by atoms with Crippen LogP contribution >= 0.6 is 0 Å². The van der Waals surface area contributed by atoms with Gasteiger partial charge >= 0.3 is 6.18 Å². The van der Waals surface area contributed by atoms with Crippen molar-refractivity contribution < 1.29 is 13.2 Å². The fraction of sp³-hybridized carbons (Fsp3) is 0.417. The van der Waals surface area contributed by atoms with Gasteiger partial charge in [0.25, 0.3) is 0 Å². The molecule has 0 aliphatic rings. The van der Waals surface area contributed by atoms with Crippen molar-refractivity contribution >= 4 is 11.4 Å². The maximum Gasteiger partial charge on any atom is 0.390 e. The lowest BCUT2D eigenvalue weighted by molar-refractivity contribution is -0.132. The third kappa shape index (κ3) is 4.17. The van der Waals surface area contributed by atoms with E-state index in [0.717, 1.165) is 0 Å². The van der Waals surface area contributed by atoms with Gasteiger partial charge in [0.15, 0.2) is 0 Å². The van der Waals surface area contributed by atoms with Crippen molar-refractivity contribution in [2.75, 3.05) is 24.2 Å². The third-order valence-corrected chi connectivity index (χ3v) is 2.57. The number of nitrogens with two attached hydrogens (primary N) is 1. The molecule has 98 valence electrons. The Bertz CT molecular complexity index is 449. The third-order valence-electron chi connectivity index (χ3n) is 2.57. The van der Waals surface area contributed by atoms with Gasteiger partial charge in [0.2, 0.25) is 0 Å². The standard InChI is InChI=1S/C12H14F3N3/c1-18(7-5-12(13,14)15)10-2-3-11(17)9(8-10)4-6-16/h2-3,8H,4-5,7,17H2,1H3. The van der Waals surface area contributed by atoms with Crippen LogP contribution in [0, 0.1) is 11.3 Å². The van der Waals surface area contributed by atoms with E-state index in [1.54, 1.807) is 25.2 Å². The molecule has 6 heteroatoms. The lowest BCUT2D eigenvalue weighted by Crippen LogP contribution is -2.24. The Morgan fingerprint density at radius 1 is 1.39 bits per heavy atom. The van der Waals surface area contributed by atoms with E-state index < -0.39 is 12.6 Å². The minimum Gasteiger partial charge on any atom is -0.398 e. The van der Waals surface area contributed by atoms with Gasteiger partial charge in [0.1, 0.15) is 0 Å². The number of anilines is 2. The van der Waals surface area contributed by atoms with Crippen LogP contribution in [0.4, 0.5) is 24.5 Å². The summed E-state index contributed by atoms with van der Waals surface area (Å²) >= 11 is 0. The quantitative estimate of drug-likeness (QED) is 0.844. The highest BCUT2D eigenvalue weighted by molar-refractivity contribution is 5.58. The molecule has 0 spiro atoms. The molecule has 0 amide bonds. The maximum absolute atomic E-state index is 12.1. The Hall–Kier alpha value is -1.90. The van der Waals surface area contributed by atoms with Gasteiger partial charge in [-0.2, -0.15) is 18.4 Å². The van der Waals surface area contributed by atoms with Gasteiger partial charge in [-0.15, -0.1) is 0 Å². The molecule has 1 rings (SSSR count). The summed E-state index contributed by atoms with van der Waals surface area (Å²) in [6.07, 6.45) is -4.90. The smallest absolute Gasteiger partial charge is 0.390 e. The zero-order valence-electron chi connectivity index (χ0n) is 9.96. The molecule has 18 heavy (non-hydrogen) atoms.